The first kappa shape index (κ1) is 12.5. The molecule has 5 heteroatoms. The van der Waals surface area contributed by atoms with Crippen molar-refractivity contribution < 1.29 is 5.11 Å². The fraction of sp³-hybridized carbons (Fsp3) is 0.200. The summed E-state index contributed by atoms with van der Waals surface area (Å²) in [6.45, 7) is 3.29. The molecule has 0 radical (unpaired) electrons. The first-order valence-electron chi connectivity index (χ1n) is 6.21. The molecule has 0 aliphatic heterocycles. The van der Waals surface area contributed by atoms with Crippen molar-refractivity contribution in [2.24, 2.45) is 0 Å². The number of rotatable bonds is 0. The molecule has 0 aromatic carbocycles. The number of nitrogens with zero attached hydrogens (tertiary/aromatic N) is 2. The van der Waals surface area contributed by atoms with E-state index in [1.807, 2.05) is 12.1 Å². The third-order valence-corrected chi connectivity index (χ3v) is 2.87. The molecule has 5 nitrogen and oxygen atoms in total. The molecule has 100 valence electrons. The zero-order chi connectivity index (χ0) is 14.3. The minimum absolute atomic E-state index is 0.464. The number of anilines is 1. The number of aromatic nitrogens is 3. The maximum Gasteiger partial charge on any atom is 0.138 e. The number of hydrogen-bond donors (Lipinski definition) is 3. The molecule has 0 amide bonds. The predicted molar refractivity (Wildman–Crippen MR) is 79.0 cm³/mol. The van der Waals surface area contributed by atoms with Crippen molar-refractivity contribution in [1.82, 2.24) is 15.0 Å². The van der Waals surface area contributed by atoms with Gasteiger partial charge in [-0.1, -0.05) is 11.8 Å². The fourth-order valence-electron chi connectivity index (χ4n) is 1.98. The quantitative estimate of drug-likeness (QED) is 0.541. The molecule has 3 aromatic rings. The van der Waals surface area contributed by atoms with E-state index in [2.05, 4.69) is 26.8 Å². The van der Waals surface area contributed by atoms with Crippen molar-refractivity contribution in [3.63, 3.8) is 0 Å². The molecule has 0 spiro atoms. The minimum Gasteiger partial charge on any atom is -0.384 e. The van der Waals surface area contributed by atoms with Gasteiger partial charge < -0.3 is 15.8 Å². The van der Waals surface area contributed by atoms with Gasteiger partial charge in [0, 0.05) is 22.5 Å². The van der Waals surface area contributed by atoms with Crippen molar-refractivity contribution in [2.45, 2.75) is 19.4 Å². The topological polar surface area (TPSA) is 87.8 Å². The van der Waals surface area contributed by atoms with Crippen LogP contribution in [0.5, 0.6) is 0 Å². The van der Waals surface area contributed by atoms with Gasteiger partial charge in [0.2, 0.25) is 0 Å². The van der Waals surface area contributed by atoms with Crippen LogP contribution in [0.1, 0.15) is 19.4 Å². The molecular weight excluding hydrogens is 252 g/mol. The Morgan fingerprint density at radius 2 is 2.00 bits per heavy atom. The van der Waals surface area contributed by atoms with Crippen molar-refractivity contribution in [1.29, 1.82) is 0 Å². The summed E-state index contributed by atoms with van der Waals surface area (Å²) in [4.78, 5) is 11.6. The van der Waals surface area contributed by atoms with Gasteiger partial charge in [-0.3, -0.25) is 0 Å². The summed E-state index contributed by atoms with van der Waals surface area (Å²) in [5.41, 5.74) is 7.09. The van der Waals surface area contributed by atoms with Gasteiger partial charge >= 0.3 is 0 Å². The maximum absolute atomic E-state index is 9.64. The van der Waals surface area contributed by atoms with Crippen LogP contribution in [0.4, 0.5) is 5.82 Å². The molecule has 3 heterocycles. The molecule has 4 N–H and O–H groups in total. The molecule has 3 rings (SSSR count). The van der Waals surface area contributed by atoms with Gasteiger partial charge in [0.25, 0.3) is 0 Å². The highest BCUT2D eigenvalue weighted by Gasteiger charge is 2.08. The lowest BCUT2D eigenvalue weighted by Crippen LogP contribution is -2.14. The first-order chi connectivity index (χ1) is 9.42. The Kier molecular flexibility index (Phi) is 2.63. The van der Waals surface area contributed by atoms with Crippen LogP contribution < -0.4 is 5.73 Å². The van der Waals surface area contributed by atoms with E-state index in [9.17, 15) is 5.11 Å². The number of nitrogens with two attached hydrogens (primary N) is 1. The number of H-pyrrole nitrogens is 1. The highest BCUT2D eigenvalue weighted by Crippen LogP contribution is 2.25. The second-order valence-electron chi connectivity index (χ2n) is 5.21. The molecular formula is C15H14N4O. The molecule has 3 aromatic heterocycles. The Labute approximate surface area is 115 Å². The van der Waals surface area contributed by atoms with E-state index in [1.165, 1.54) is 0 Å². The highest BCUT2D eigenvalue weighted by molar-refractivity contribution is 6.06. The number of pyridine rings is 2. The van der Waals surface area contributed by atoms with Gasteiger partial charge in [-0.2, -0.15) is 0 Å². The average molecular weight is 266 g/mol. The second-order valence-corrected chi connectivity index (χ2v) is 5.21. The second kappa shape index (κ2) is 4.22. The SMILES string of the molecule is CC(C)(O)C#Cc1cnc2[nH]c3cnc(N)cc3c2c1. The van der Waals surface area contributed by atoms with Crippen molar-refractivity contribution in [3.8, 4) is 11.8 Å². The van der Waals surface area contributed by atoms with Crippen molar-refractivity contribution in [2.75, 3.05) is 5.73 Å². The molecule has 0 unspecified atom stereocenters. The van der Waals surface area contributed by atoms with Crippen molar-refractivity contribution in [3.05, 3.63) is 30.1 Å². The summed E-state index contributed by atoms with van der Waals surface area (Å²) < 4.78 is 0. The lowest BCUT2D eigenvalue weighted by molar-refractivity contribution is 0.143. The number of nitrogens with one attached hydrogen (secondary N) is 1. The Hall–Kier alpha value is -2.58. The molecule has 0 saturated heterocycles. The van der Waals surface area contributed by atoms with Crippen LogP contribution in [0, 0.1) is 11.8 Å². The van der Waals surface area contributed by atoms with Crippen LogP contribution in [0.25, 0.3) is 21.9 Å². The third kappa shape index (κ3) is 2.29. The maximum atomic E-state index is 9.64. The van der Waals surface area contributed by atoms with E-state index in [0.717, 1.165) is 27.5 Å². The summed E-state index contributed by atoms with van der Waals surface area (Å²) in [5, 5.41) is 11.5. The van der Waals surface area contributed by atoms with Gasteiger partial charge in [0.05, 0.1) is 11.7 Å². The molecule has 0 atom stereocenters. The zero-order valence-corrected chi connectivity index (χ0v) is 11.2. The average Bonchev–Trinajstić information content (AvgIpc) is 2.73. The molecule has 0 aliphatic rings. The van der Waals surface area contributed by atoms with Gasteiger partial charge in [0.15, 0.2) is 0 Å². The van der Waals surface area contributed by atoms with Crippen molar-refractivity contribution >= 4 is 27.8 Å². The van der Waals surface area contributed by atoms with Crippen LogP contribution in [0.2, 0.25) is 0 Å². The minimum atomic E-state index is -1.02. The summed E-state index contributed by atoms with van der Waals surface area (Å²) in [5.74, 6) is 6.16. The number of aromatic amines is 1. The molecule has 0 aliphatic carbocycles. The molecule has 0 fully saturated rings. The summed E-state index contributed by atoms with van der Waals surface area (Å²) in [6, 6.07) is 3.74. The molecule has 0 saturated carbocycles. The Bertz CT molecular complexity index is 862. The lowest BCUT2D eigenvalue weighted by atomic mass is 10.1. The zero-order valence-electron chi connectivity index (χ0n) is 11.2. The fourth-order valence-corrected chi connectivity index (χ4v) is 1.98. The Balaban J connectivity index is 2.21. The van der Waals surface area contributed by atoms with Gasteiger partial charge in [-0.15, -0.1) is 0 Å². The van der Waals surface area contributed by atoms with E-state index in [0.29, 0.717) is 5.82 Å². The van der Waals surface area contributed by atoms with Gasteiger partial charge in [-0.05, 0) is 26.0 Å². The summed E-state index contributed by atoms with van der Waals surface area (Å²) >= 11 is 0. The van der Waals surface area contributed by atoms with E-state index in [4.69, 9.17) is 5.73 Å². The van der Waals surface area contributed by atoms with Crippen LogP contribution >= 0.6 is 0 Å². The monoisotopic (exact) mass is 266 g/mol. The first-order valence-corrected chi connectivity index (χ1v) is 6.21. The number of nitrogen functional groups attached to an aromatic ring is 1. The normalized spacial score (nSPS) is 11.6. The third-order valence-electron chi connectivity index (χ3n) is 2.87. The number of aliphatic hydroxyl groups is 1. The molecule has 0 bridgehead atoms. The van der Waals surface area contributed by atoms with Gasteiger partial charge in [-0.25, -0.2) is 9.97 Å². The van der Waals surface area contributed by atoms with Gasteiger partial charge in [0.1, 0.15) is 17.1 Å². The number of hydrogen-bond acceptors (Lipinski definition) is 4. The van der Waals surface area contributed by atoms with E-state index >= 15 is 0 Å². The number of fused-ring (bicyclic) bond motifs is 3. The lowest BCUT2D eigenvalue weighted by Gasteiger charge is -2.05. The van der Waals surface area contributed by atoms with Crippen LogP contribution in [0.15, 0.2) is 24.5 Å². The Morgan fingerprint density at radius 1 is 1.20 bits per heavy atom. The largest absolute Gasteiger partial charge is 0.384 e. The Morgan fingerprint density at radius 3 is 2.75 bits per heavy atom. The summed E-state index contributed by atoms with van der Waals surface area (Å²) in [6.07, 6.45) is 3.36. The van der Waals surface area contributed by atoms with Crippen LogP contribution in [0.3, 0.4) is 0 Å². The van der Waals surface area contributed by atoms with E-state index in [1.54, 1.807) is 26.2 Å². The van der Waals surface area contributed by atoms with Crippen LogP contribution in [-0.4, -0.2) is 25.7 Å². The predicted octanol–water partition coefficient (Wildman–Crippen LogP) is 1.82. The van der Waals surface area contributed by atoms with E-state index in [-0.39, 0.29) is 0 Å². The standard InChI is InChI=1S/C15H14N4O/c1-15(2,20)4-3-9-5-11-10-6-13(16)17-8-12(10)19-14(11)18-7-9/h5-8,20H,1-2H3,(H2,16,17)(H,18,19). The molecule has 20 heavy (non-hydrogen) atoms. The highest BCUT2D eigenvalue weighted by atomic mass is 16.3. The van der Waals surface area contributed by atoms with E-state index < -0.39 is 5.60 Å². The summed E-state index contributed by atoms with van der Waals surface area (Å²) in [7, 11) is 0. The van der Waals surface area contributed by atoms with Crippen LogP contribution in [-0.2, 0) is 0 Å². The smallest absolute Gasteiger partial charge is 0.138 e.